The Bertz CT molecular complexity index is 196. The zero-order valence-corrected chi connectivity index (χ0v) is 8.76. The molecule has 0 spiro atoms. The quantitative estimate of drug-likeness (QED) is 0.609. The number of carbonyl (C=O) groups excluding carboxylic acids is 1. The van der Waals surface area contributed by atoms with Gasteiger partial charge in [0, 0.05) is 12.6 Å². The number of rotatable bonds is 2. The van der Waals surface area contributed by atoms with E-state index in [1.807, 2.05) is 14.1 Å². The van der Waals surface area contributed by atoms with Gasteiger partial charge in [-0.05, 0) is 27.4 Å². The normalized spacial score (nSPS) is 34.9. The third kappa shape index (κ3) is 1.69. The van der Waals surface area contributed by atoms with E-state index in [4.69, 9.17) is 4.74 Å². The summed E-state index contributed by atoms with van der Waals surface area (Å²) in [6.45, 7) is 2.83. The summed E-state index contributed by atoms with van der Waals surface area (Å²) in [4.78, 5) is 13.7. The zero-order chi connectivity index (χ0) is 10.1. The Balaban J connectivity index is 2.79. The molecule has 2 atom stereocenters. The molecule has 0 aromatic heterocycles. The molecule has 4 nitrogen and oxygen atoms in total. The summed E-state index contributed by atoms with van der Waals surface area (Å²) in [6.07, 6.45) is 0.812. The van der Waals surface area contributed by atoms with Crippen molar-refractivity contribution in [3.8, 4) is 0 Å². The smallest absolute Gasteiger partial charge is 0.327 e. The molecule has 0 aromatic carbocycles. The predicted molar refractivity (Wildman–Crippen MR) is 50.5 cm³/mol. The van der Waals surface area contributed by atoms with Crippen molar-refractivity contribution in [2.45, 2.75) is 24.9 Å². The van der Waals surface area contributed by atoms with Crippen molar-refractivity contribution in [1.82, 2.24) is 10.2 Å². The van der Waals surface area contributed by atoms with Gasteiger partial charge in [-0.3, -0.25) is 4.79 Å². The minimum absolute atomic E-state index is 0.161. The Morgan fingerprint density at radius 1 is 1.69 bits per heavy atom. The van der Waals surface area contributed by atoms with E-state index in [9.17, 15) is 4.79 Å². The number of hydrogen-bond acceptors (Lipinski definition) is 4. The van der Waals surface area contributed by atoms with E-state index in [-0.39, 0.29) is 5.97 Å². The van der Waals surface area contributed by atoms with Gasteiger partial charge in [-0.2, -0.15) is 0 Å². The first kappa shape index (κ1) is 10.5. The largest absolute Gasteiger partial charge is 0.468 e. The molecule has 1 aliphatic heterocycles. The van der Waals surface area contributed by atoms with Crippen molar-refractivity contribution in [1.29, 1.82) is 0 Å². The van der Waals surface area contributed by atoms with E-state index in [2.05, 4.69) is 17.1 Å². The Morgan fingerprint density at radius 2 is 2.31 bits per heavy atom. The fraction of sp³-hybridized carbons (Fsp3) is 0.889. The molecular formula is C9H18N2O2. The number of nitrogens with zero attached hydrogens (tertiary/aromatic N) is 1. The van der Waals surface area contributed by atoms with Crippen LogP contribution in [0.2, 0.25) is 0 Å². The Morgan fingerprint density at radius 3 is 2.62 bits per heavy atom. The lowest BCUT2D eigenvalue weighted by molar-refractivity contribution is -0.147. The van der Waals surface area contributed by atoms with E-state index in [0.29, 0.717) is 6.04 Å². The maximum atomic E-state index is 11.5. The van der Waals surface area contributed by atoms with Crippen molar-refractivity contribution in [3.63, 3.8) is 0 Å². The monoisotopic (exact) mass is 186 g/mol. The highest BCUT2D eigenvalue weighted by Crippen LogP contribution is 2.26. The number of hydrogen-bond donors (Lipinski definition) is 1. The van der Waals surface area contributed by atoms with Crippen molar-refractivity contribution < 1.29 is 9.53 Å². The number of ether oxygens (including phenoxy) is 1. The molecule has 1 heterocycles. The summed E-state index contributed by atoms with van der Waals surface area (Å²) in [5.41, 5.74) is -0.497. The highest BCUT2D eigenvalue weighted by Gasteiger charge is 2.46. The van der Waals surface area contributed by atoms with Gasteiger partial charge in [0.05, 0.1) is 7.11 Å². The third-order valence-electron chi connectivity index (χ3n) is 2.97. The van der Waals surface area contributed by atoms with Crippen LogP contribution < -0.4 is 5.32 Å². The first-order chi connectivity index (χ1) is 6.05. The lowest BCUT2D eigenvalue weighted by Crippen LogP contribution is -2.52. The van der Waals surface area contributed by atoms with Gasteiger partial charge in [0.1, 0.15) is 5.54 Å². The number of carbonyl (C=O) groups is 1. The fourth-order valence-electron chi connectivity index (χ4n) is 1.93. The SMILES string of the molecule is CNC1(C(=O)OC)CC(C)N(C)C1. The van der Waals surface area contributed by atoms with Gasteiger partial charge in [0.2, 0.25) is 0 Å². The van der Waals surface area contributed by atoms with Gasteiger partial charge in [0.25, 0.3) is 0 Å². The molecule has 0 radical (unpaired) electrons. The molecule has 76 valence electrons. The maximum Gasteiger partial charge on any atom is 0.327 e. The molecule has 4 heteroatoms. The lowest BCUT2D eigenvalue weighted by Gasteiger charge is -2.24. The summed E-state index contributed by atoms with van der Waals surface area (Å²) in [5.74, 6) is -0.161. The highest BCUT2D eigenvalue weighted by atomic mass is 16.5. The van der Waals surface area contributed by atoms with Crippen LogP contribution in [0.25, 0.3) is 0 Å². The lowest BCUT2D eigenvalue weighted by atomic mass is 9.97. The van der Waals surface area contributed by atoms with Crippen molar-refractivity contribution >= 4 is 5.97 Å². The Kier molecular flexibility index (Phi) is 2.93. The molecule has 1 saturated heterocycles. The van der Waals surface area contributed by atoms with Crippen molar-refractivity contribution in [2.24, 2.45) is 0 Å². The van der Waals surface area contributed by atoms with Crippen LogP contribution in [-0.2, 0) is 9.53 Å². The third-order valence-corrected chi connectivity index (χ3v) is 2.97. The molecule has 1 rings (SSSR count). The van der Waals surface area contributed by atoms with E-state index in [0.717, 1.165) is 13.0 Å². The van der Waals surface area contributed by atoms with Crippen LogP contribution in [0.4, 0.5) is 0 Å². The van der Waals surface area contributed by atoms with E-state index in [1.54, 1.807) is 0 Å². The van der Waals surface area contributed by atoms with Crippen LogP contribution in [0.1, 0.15) is 13.3 Å². The average molecular weight is 186 g/mol. The fourth-order valence-corrected chi connectivity index (χ4v) is 1.93. The highest BCUT2D eigenvalue weighted by molar-refractivity contribution is 5.81. The molecule has 1 N–H and O–H groups in total. The molecule has 13 heavy (non-hydrogen) atoms. The number of likely N-dealkylation sites (N-methyl/N-ethyl adjacent to an activating group) is 2. The molecule has 0 aliphatic carbocycles. The van der Waals surface area contributed by atoms with E-state index >= 15 is 0 Å². The molecular weight excluding hydrogens is 168 g/mol. The summed E-state index contributed by atoms with van der Waals surface area (Å²) in [5, 5.41) is 3.07. The average Bonchev–Trinajstić information content (AvgIpc) is 2.42. The molecule has 0 bridgehead atoms. The minimum Gasteiger partial charge on any atom is -0.468 e. The van der Waals surface area contributed by atoms with Gasteiger partial charge in [0.15, 0.2) is 0 Å². The van der Waals surface area contributed by atoms with Crippen LogP contribution in [0.5, 0.6) is 0 Å². The van der Waals surface area contributed by atoms with Gasteiger partial charge >= 0.3 is 5.97 Å². The molecule has 2 unspecified atom stereocenters. The molecule has 1 aliphatic rings. The molecule has 0 aromatic rings. The number of likely N-dealkylation sites (tertiary alicyclic amines) is 1. The Hall–Kier alpha value is -0.610. The second-order valence-electron chi connectivity index (χ2n) is 3.79. The van der Waals surface area contributed by atoms with Crippen LogP contribution in [0.3, 0.4) is 0 Å². The van der Waals surface area contributed by atoms with Crippen molar-refractivity contribution in [3.05, 3.63) is 0 Å². The summed E-state index contributed by atoms with van der Waals surface area (Å²) < 4.78 is 4.80. The summed E-state index contributed by atoms with van der Waals surface area (Å²) in [7, 11) is 5.26. The second-order valence-corrected chi connectivity index (χ2v) is 3.79. The Labute approximate surface area is 79.2 Å². The van der Waals surface area contributed by atoms with Crippen molar-refractivity contribution in [2.75, 3.05) is 27.7 Å². The summed E-state index contributed by atoms with van der Waals surface area (Å²) >= 11 is 0. The van der Waals surface area contributed by atoms with E-state index in [1.165, 1.54) is 7.11 Å². The summed E-state index contributed by atoms with van der Waals surface area (Å²) in [6, 6.07) is 0.423. The number of nitrogens with one attached hydrogen (secondary N) is 1. The second kappa shape index (κ2) is 3.64. The topological polar surface area (TPSA) is 41.6 Å². The molecule has 0 saturated carbocycles. The van der Waals surface area contributed by atoms with Gasteiger partial charge in [-0.1, -0.05) is 0 Å². The molecule has 1 fully saturated rings. The zero-order valence-electron chi connectivity index (χ0n) is 8.76. The van der Waals surface area contributed by atoms with Crippen LogP contribution >= 0.6 is 0 Å². The first-order valence-electron chi connectivity index (χ1n) is 4.53. The number of esters is 1. The van der Waals surface area contributed by atoms with E-state index < -0.39 is 5.54 Å². The number of methoxy groups -OCH3 is 1. The van der Waals surface area contributed by atoms with Gasteiger partial charge in [-0.25, -0.2) is 0 Å². The standard InChI is InChI=1S/C9H18N2O2/c1-7-5-9(10-2,6-11(7)3)8(12)13-4/h7,10H,5-6H2,1-4H3. The maximum absolute atomic E-state index is 11.5. The minimum atomic E-state index is -0.497. The molecule has 0 amide bonds. The predicted octanol–water partition coefficient (Wildman–Crippen LogP) is -0.158. The van der Waals surface area contributed by atoms with Crippen LogP contribution in [0.15, 0.2) is 0 Å². The van der Waals surface area contributed by atoms with Gasteiger partial charge < -0.3 is 15.0 Å². The first-order valence-corrected chi connectivity index (χ1v) is 4.53. The van der Waals surface area contributed by atoms with Gasteiger partial charge in [-0.15, -0.1) is 0 Å². The van der Waals surface area contributed by atoms with Crippen LogP contribution in [0, 0.1) is 0 Å². The van der Waals surface area contributed by atoms with Crippen LogP contribution in [-0.4, -0.2) is 50.2 Å².